The van der Waals surface area contributed by atoms with Gasteiger partial charge in [0.25, 0.3) is 0 Å². The molecule has 2 rings (SSSR count). The second-order valence-corrected chi connectivity index (χ2v) is 6.10. The van der Waals surface area contributed by atoms with E-state index in [9.17, 15) is 0 Å². The summed E-state index contributed by atoms with van der Waals surface area (Å²) in [6, 6.07) is 7.81. The summed E-state index contributed by atoms with van der Waals surface area (Å²) in [6.45, 7) is 5.34. The zero-order valence-electron chi connectivity index (χ0n) is 10.8. The molecular formula is C14H18N2OS. The van der Waals surface area contributed by atoms with E-state index < -0.39 is 0 Å². The van der Waals surface area contributed by atoms with E-state index in [0.29, 0.717) is 10.8 Å². The second-order valence-electron chi connectivity index (χ2n) is 4.55. The first-order valence-electron chi connectivity index (χ1n) is 6.14. The van der Waals surface area contributed by atoms with Crippen LogP contribution in [-0.2, 0) is 6.54 Å². The number of nitrogens with zero attached hydrogens (tertiary/aromatic N) is 2. The van der Waals surface area contributed by atoms with Crippen LogP contribution in [0.4, 0.5) is 0 Å². The molecule has 1 aliphatic rings. The predicted molar refractivity (Wildman–Crippen MR) is 74.9 cm³/mol. The summed E-state index contributed by atoms with van der Waals surface area (Å²) in [4.78, 5) is 2.43. The van der Waals surface area contributed by atoms with Crippen LogP contribution in [0.1, 0.15) is 18.1 Å². The van der Waals surface area contributed by atoms with Crippen molar-refractivity contribution in [2.75, 3.05) is 26.0 Å². The molecule has 0 aromatic heterocycles. The summed E-state index contributed by atoms with van der Waals surface area (Å²) in [5, 5.41) is 9.65. The van der Waals surface area contributed by atoms with Crippen LogP contribution >= 0.6 is 11.8 Å². The van der Waals surface area contributed by atoms with Crippen LogP contribution in [-0.4, -0.2) is 36.1 Å². The molecule has 1 aliphatic heterocycles. The normalized spacial score (nSPS) is 20.4. The summed E-state index contributed by atoms with van der Waals surface area (Å²) in [5.41, 5.74) is 1.81. The molecule has 1 fully saturated rings. The molecular weight excluding hydrogens is 244 g/mol. The van der Waals surface area contributed by atoms with Crippen LogP contribution in [0.25, 0.3) is 0 Å². The van der Waals surface area contributed by atoms with Gasteiger partial charge in [-0.3, -0.25) is 4.90 Å². The van der Waals surface area contributed by atoms with Gasteiger partial charge in [0.2, 0.25) is 0 Å². The average molecular weight is 262 g/mol. The van der Waals surface area contributed by atoms with Crippen LogP contribution in [0.2, 0.25) is 0 Å². The maximum atomic E-state index is 8.97. The van der Waals surface area contributed by atoms with Crippen molar-refractivity contribution in [1.82, 2.24) is 4.90 Å². The molecule has 0 bridgehead atoms. The zero-order valence-corrected chi connectivity index (χ0v) is 11.7. The van der Waals surface area contributed by atoms with Crippen LogP contribution in [0, 0.1) is 11.3 Å². The number of nitriles is 1. The number of hydrogen-bond donors (Lipinski definition) is 0. The molecule has 0 spiro atoms. The van der Waals surface area contributed by atoms with Gasteiger partial charge in [0.05, 0.1) is 18.7 Å². The summed E-state index contributed by atoms with van der Waals surface area (Å²) in [6.07, 6.45) is 0. The van der Waals surface area contributed by atoms with Crippen molar-refractivity contribution in [3.05, 3.63) is 29.3 Å². The van der Waals surface area contributed by atoms with Gasteiger partial charge in [-0.1, -0.05) is 6.92 Å². The topological polar surface area (TPSA) is 36.3 Å². The number of rotatable bonds is 3. The number of hydrogen-bond acceptors (Lipinski definition) is 4. The number of ether oxygens (including phenoxy) is 1. The Morgan fingerprint density at radius 2 is 2.39 bits per heavy atom. The molecule has 1 saturated heterocycles. The number of thioether (sulfide) groups is 1. The van der Waals surface area contributed by atoms with E-state index in [-0.39, 0.29) is 0 Å². The highest BCUT2D eigenvalue weighted by molar-refractivity contribution is 7.99. The van der Waals surface area contributed by atoms with E-state index in [2.05, 4.69) is 17.9 Å². The molecule has 0 saturated carbocycles. The molecule has 0 aliphatic carbocycles. The molecule has 3 nitrogen and oxygen atoms in total. The lowest BCUT2D eigenvalue weighted by Crippen LogP contribution is -2.36. The first-order chi connectivity index (χ1) is 8.72. The lowest BCUT2D eigenvalue weighted by molar-refractivity contribution is 0.273. The van der Waals surface area contributed by atoms with Crippen molar-refractivity contribution < 1.29 is 4.74 Å². The molecule has 1 unspecified atom stereocenters. The highest BCUT2D eigenvalue weighted by atomic mass is 32.2. The van der Waals surface area contributed by atoms with Crippen molar-refractivity contribution in [1.29, 1.82) is 5.26 Å². The Hall–Kier alpha value is -1.18. The van der Waals surface area contributed by atoms with E-state index in [1.165, 1.54) is 5.75 Å². The Morgan fingerprint density at radius 1 is 1.56 bits per heavy atom. The third kappa shape index (κ3) is 3.18. The molecule has 96 valence electrons. The third-order valence-corrected chi connectivity index (χ3v) is 4.27. The standard InChI is InChI=1S/C14H18N2OS/c1-11-9-16(5-6-18-11)10-13-7-12(8-15)3-4-14(13)17-2/h3-4,7,11H,5-6,9-10H2,1-2H3. The van der Waals surface area contributed by atoms with Crippen molar-refractivity contribution >= 4 is 11.8 Å². The minimum absolute atomic E-state index is 0.684. The second kappa shape index (κ2) is 6.12. The summed E-state index contributed by atoms with van der Waals surface area (Å²) < 4.78 is 5.37. The van der Waals surface area contributed by atoms with Gasteiger partial charge in [0.1, 0.15) is 5.75 Å². The molecule has 18 heavy (non-hydrogen) atoms. The summed E-state index contributed by atoms with van der Waals surface area (Å²) >= 11 is 2.02. The highest BCUT2D eigenvalue weighted by Gasteiger charge is 2.18. The zero-order chi connectivity index (χ0) is 13.0. The Balaban J connectivity index is 2.14. The van der Waals surface area contributed by atoms with Gasteiger partial charge in [-0.05, 0) is 18.2 Å². The van der Waals surface area contributed by atoms with Crippen LogP contribution in [0.15, 0.2) is 18.2 Å². The van der Waals surface area contributed by atoms with Gasteiger partial charge in [-0.15, -0.1) is 0 Å². The molecule has 0 radical (unpaired) electrons. The Bertz CT molecular complexity index is 456. The highest BCUT2D eigenvalue weighted by Crippen LogP contribution is 2.24. The minimum atomic E-state index is 0.684. The van der Waals surface area contributed by atoms with E-state index in [0.717, 1.165) is 30.9 Å². The third-order valence-electron chi connectivity index (χ3n) is 3.13. The molecule has 1 aromatic rings. The van der Waals surface area contributed by atoms with Crippen molar-refractivity contribution in [2.45, 2.75) is 18.7 Å². The quantitative estimate of drug-likeness (QED) is 0.838. The van der Waals surface area contributed by atoms with E-state index in [1.54, 1.807) is 13.2 Å². The van der Waals surface area contributed by atoms with Gasteiger partial charge < -0.3 is 4.74 Å². The fourth-order valence-corrected chi connectivity index (χ4v) is 3.33. The largest absolute Gasteiger partial charge is 0.496 e. The van der Waals surface area contributed by atoms with Gasteiger partial charge in [-0.2, -0.15) is 17.0 Å². The molecule has 4 heteroatoms. The fourth-order valence-electron chi connectivity index (χ4n) is 2.25. The van der Waals surface area contributed by atoms with E-state index in [4.69, 9.17) is 10.00 Å². The minimum Gasteiger partial charge on any atom is -0.496 e. The maximum Gasteiger partial charge on any atom is 0.123 e. The maximum absolute atomic E-state index is 8.97. The lowest BCUT2D eigenvalue weighted by Gasteiger charge is -2.30. The van der Waals surface area contributed by atoms with Gasteiger partial charge in [-0.25, -0.2) is 0 Å². The predicted octanol–water partition coefficient (Wildman–Crippen LogP) is 2.50. The van der Waals surface area contributed by atoms with E-state index in [1.807, 2.05) is 23.9 Å². The number of benzene rings is 1. The Labute approximate surface area is 113 Å². The molecule has 1 atom stereocenters. The monoisotopic (exact) mass is 262 g/mol. The van der Waals surface area contributed by atoms with Crippen LogP contribution in [0.5, 0.6) is 5.75 Å². The lowest BCUT2D eigenvalue weighted by atomic mass is 10.1. The SMILES string of the molecule is COc1ccc(C#N)cc1CN1CCSC(C)C1. The van der Waals surface area contributed by atoms with Crippen LogP contribution in [0.3, 0.4) is 0 Å². The summed E-state index contributed by atoms with van der Waals surface area (Å²) in [5.74, 6) is 2.06. The molecule has 0 amide bonds. The van der Waals surface area contributed by atoms with Crippen molar-refractivity contribution in [3.63, 3.8) is 0 Å². The molecule has 0 N–H and O–H groups in total. The Morgan fingerprint density at radius 3 is 3.06 bits per heavy atom. The van der Waals surface area contributed by atoms with Gasteiger partial charge in [0, 0.05) is 36.2 Å². The number of methoxy groups -OCH3 is 1. The smallest absolute Gasteiger partial charge is 0.123 e. The van der Waals surface area contributed by atoms with Crippen molar-refractivity contribution in [3.8, 4) is 11.8 Å². The molecule has 1 aromatic carbocycles. The first-order valence-corrected chi connectivity index (χ1v) is 7.18. The van der Waals surface area contributed by atoms with E-state index >= 15 is 0 Å². The fraction of sp³-hybridized carbons (Fsp3) is 0.500. The van der Waals surface area contributed by atoms with Gasteiger partial charge in [0.15, 0.2) is 0 Å². The van der Waals surface area contributed by atoms with Crippen molar-refractivity contribution in [2.24, 2.45) is 0 Å². The molecule has 1 heterocycles. The first kappa shape index (κ1) is 13.3. The Kier molecular flexibility index (Phi) is 4.51. The summed E-state index contributed by atoms with van der Waals surface area (Å²) in [7, 11) is 1.68. The van der Waals surface area contributed by atoms with Crippen LogP contribution < -0.4 is 4.74 Å². The van der Waals surface area contributed by atoms with Gasteiger partial charge >= 0.3 is 0 Å². The average Bonchev–Trinajstić information content (AvgIpc) is 2.38.